The minimum atomic E-state index is -0.152. The van der Waals surface area contributed by atoms with Crippen LogP contribution in [0.4, 0.5) is 0 Å². The van der Waals surface area contributed by atoms with E-state index < -0.39 is 0 Å². The average molecular weight is 276 g/mol. The number of rotatable bonds is 4. The molecular weight excluding hydrogens is 256 g/mol. The smallest absolute Gasteiger partial charge is 0.258 e. The minimum Gasteiger partial charge on any atom is -0.468 e. The lowest BCUT2D eigenvalue weighted by atomic mass is 10.2. The van der Waals surface area contributed by atoms with Crippen molar-refractivity contribution in [3.8, 4) is 5.88 Å². The van der Waals surface area contributed by atoms with Gasteiger partial charge in [-0.1, -0.05) is 0 Å². The maximum atomic E-state index is 11.6. The summed E-state index contributed by atoms with van der Waals surface area (Å²) in [5.74, 6) is 0.289. The van der Waals surface area contributed by atoms with Crippen molar-refractivity contribution in [2.45, 2.75) is 33.7 Å². The summed E-state index contributed by atoms with van der Waals surface area (Å²) in [6.07, 6.45) is 0. The molecule has 6 nitrogen and oxygen atoms in total. The highest BCUT2D eigenvalue weighted by Gasteiger charge is 2.12. The van der Waals surface area contributed by atoms with Crippen LogP contribution in [0.1, 0.15) is 25.1 Å². The van der Waals surface area contributed by atoms with Crippen molar-refractivity contribution < 1.29 is 9.53 Å². The van der Waals surface area contributed by atoms with Gasteiger partial charge in [-0.3, -0.25) is 9.48 Å². The molecule has 0 radical (unpaired) electrons. The van der Waals surface area contributed by atoms with E-state index >= 15 is 0 Å². The number of carbonyl (C=O) groups is 1. The molecular formula is C14H20N4O2. The first-order valence-corrected chi connectivity index (χ1v) is 6.61. The summed E-state index contributed by atoms with van der Waals surface area (Å²) in [4.78, 5) is 16.0. The molecule has 0 unspecified atom stereocenters. The molecule has 1 amide bonds. The van der Waals surface area contributed by atoms with Gasteiger partial charge in [0.1, 0.15) is 0 Å². The molecule has 0 aromatic carbocycles. The van der Waals surface area contributed by atoms with Gasteiger partial charge < -0.3 is 10.1 Å². The maximum Gasteiger partial charge on any atom is 0.258 e. The van der Waals surface area contributed by atoms with Crippen molar-refractivity contribution in [3.63, 3.8) is 0 Å². The first kappa shape index (κ1) is 14.3. The van der Waals surface area contributed by atoms with Crippen LogP contribution in [0.5, 0.6) is 5.88 Å². The number of fused-ring (bicyclic) bond motifs is 1. The Balaban J connectivity index is 2.20. The fourth-order valence-electron chi connectivity index (χ4n) is 2.21. The third-order valence-electron chi connectivity index (χ3n) is 2.94. The molecule has 0 aliphatic carbocycles. The predicted octanol–water partition coefficient (Wildman–Crippen LogP) is 1.49. The SMILES string of the molecule is Cc1cc(OCC(=O)NC(C)C)nc2c1c(C)nn2C. The van der Waals surface area contributed by atoms with Gasteiger partial charge in [-0.25, -0.2) is 0 Å². The summed E-state index contributed by atoms with van der Waals surface area (Å²) in [6.45, 7) is 7.72. The van der Waals surface area contributed by atoms with E-state index in [-0.39, 0.29) is 18.6 Å². The Kier molecular flexibility index (Phi) is 3.92. The summed E-state index contributed by atoms with van der Waals surface area (Å²) < 4.78 is 7.18. The molecule has 108 valence electrons. The van der Waals surface area contributed by atoms with Gasteiger partial charge in [0.05, 0.1) is 5.69 Å². The van der Waals surface area contributed by atoms with Crippen molar-refractivity contribution in [1.82, 2.24) is 20.1 Å². The molecule has 20 heavy (non-hydrogen) atoms. The van der Waals surface area contributed by atoms with Gasteiger partial charge in [0.15, 0.2) is 12.3 Å². The summed E-state index contributed by atoms with van der Waals surface area (Å²) in [5.41, 5.74) is 2.75. The van der Waals surface area contributed by atoms with Gasteiger partial charge in [0, 0.05) is 24.5 Å². The van der Waals surface area contributed by atoms with Crippen LogP contribution in [0.2, 0.25) is 0 Å². The van der Waals surface area contributed by atoms with Gasteiger partial charge in [0.25, 0.3) is 5.91 Å². The third kappa shape index (κ3) is 2.89. The molecule has 0 saturated carbocycles. The molecule has 0 bridgehead atoms. The van der Waals surface area contributed by atoms with E-state index in [2.05, 4.69) is 15.4 Å². The van der Waals surface area contributed by atoms with Crippen molar-refractivity contribution in [3.05, 3.63) is 17.3 Å². The highest BCUT2D eigenvalue weighted by molar-refractivity contribution is 5.82. The number of carbonyl (C=O) groups excluding carboxylic acids is 1. The summed E-state index contributed by atoms with van der Waals surface area (Å²) in [5, 5.41) is 8.15. The summed E-state index contributed by atoms with van der Waals surface area (Å²) in [7, 11) is 1.84. The Hall–Kier alpha value is -2.11. The molecule has 0 fully saturated rings. The molecule has 1 N–H and O–H groups in total. The van der Waals surface area contributed by atoms with Gasteiger partial charge in [-0.05, 0) is 33.3 Å². The second-order valence-electron chi connectivity index (χ2n) is 5.20. The van der Waals surface area contributed by atoms with Gasteiger partial charge in [-0.2, -0.15) is 10.1 Å². The molecule has 0 atom stereocenters. The quantitative estimate of drug-likeness (QED) is 0.918. The zero-order valence-electron chi connectivity index (χ0n) is 12.5. The van der Waals surface area contributed by atoms with Gasteiger partial charge >= 0.3 is 0 Å². The molecule has 0 spiro atoms. The predicted molar refractivity (Wildman–Crippen MR) is 76.8 cm³/mol. The van der Waals surface area contributed by atoms with Crippen LogP contribution in [0.3, 0.4) is 0 Å². The molecule has 2 aromatic heterocycles. The first-order valence-electron chi connectivity index (χ1n) is 6.61. The van der Waals surface area contributed by atoms with Crippen LogP contribution in [0.25, 0.3) is 11.0 Å². The lowest BCUT2D eigenvalue weighted by molar-refractivity contribution is -0.123. The maximum absolute atomic E-state index is 11.6. The minimum absolute atomic E-state index is 0.0348. The van der Waals surface area contributed by atoms with E-state index in [1.54, 1.807) is 4.68 Å². The lowest BCUT2D eigenvalue weighted by Crippen LogP contribution is -2.34. The number of pyridine rings is 1. The molecule has 0 aliphatic heterocycles. The second-order valence-corrected chi connectivity index (χ2v) is 5.20. The zero-order valence-corrected chi connectivity index (χ0v) is 12.5. The standard InChI is InChI=1S/C14H20N4O2/c1-8(2)15-11(19)7-20-12-6-9(3)13-10(4)17-18(5)14(13)16-12/h6,8H,7H2,1-5H3,(H,15,19). The Bertz CT molecular complexity index is 646. The van der Waals surface area contributed by atoms with Gasteiger partial charge in [-0.15, -0.1) is 0 Å². The third-order valence-corrected chi connectivity index (χ3v) is 2.94. The van der Waals surface area contributed by atoms with E-state index in [4.69, 9.17) is 4.74 Å². The van der Waals surface area contributed by atoms with Crippen molar-refractivity contribution in [2.75, 3.05) is 6.61 Å². The number of nitrogens with zero attached hydrogens (tertiary/aromatic N) is 3. The van der Waals surface area contributed by atoms with Crippen LogP contribution in [0, 0.1) is 13.8 Å². The molecule has 2 rings (SSSR count). The number of aryl methyl sites for hydroxylation is 3. The number of ether oxygens (including phenoxy) is 1. The van der Waals surface area contributed by atoms with Crippen molar-refractivity contribution in [2.24, 2.45) is 7.05 Å². The highest BCUT2D eigenvalue weighted by Crippen LogP contribution is 2.23. The highest BCUT2D eigenvalue weighted by atomic mass is 16.5. The molecule has 0 saturated heterocycles. The summed E-state index contributed by atoms with van der Waals surface area (Å²) in [6, 6.07) is 1.93. The average Bonchev–Trinajstić information content (AvgIpc) is 2.62. The van der Waals surface area contributed by atoms with Crippen molar-refractivity contribution >= 4 is 16.9 Å². The fourth-order valence-corrected chi connectivity index (χ4v) is 2.21. The number of hydrogen-bond acceptors (Lipinski definition) is 4. The lowest BCUT2D eigenvalue weighted by Gasteiger charge is -2.10. The summed E-state index contributed by atoms with van der Waals surface area (Å²) >= 11 is 0. The van der Waals surface area contributed by atoms with Crippen LogP contribution in [-0.2, 0) is 11.8 Å². The zero-order chi connectivity index (χ0) is 14.9. The normalized spacial score (nSPS) is 11.1. The number of hydrogen-bond donors (Lipinski definition) is 1. The number of aromatic nitrogens is 3. The molecule has 2 heterocycles. The Morgan fingerprint density at radius 1 is 1.45 bits per heavy atom. The van der Waals surface area contributed by atoms with Crippen molar-refractivity contribution in [1.29, 1.82) is 0 Å². The fraction of sp³-hybridized carbons (Fsp3) is 0.500. The molecule has 2 aromatic rings. The number of amides is 1. The monoisotopic (exact) mass is 276 g/mol. The van der Waals surface area contributed by atoms with Crippen LogP contribution < -0.4 is 10.1 Å². The van der Waals surface area contributed by atoms with E-state index in [1.807, 2.05) is 40.8 Å². The van der Waals surface area contributed by atoms with E-state index in [0.29, 0.717) is 5.88 Å². The Morgan fingerprint density at radius 3 is 2.80 bits per heavy atom. The van der Waals surface area contributed by atoms with E-state index in [9.17, 15) is 4.79 Å². The largest absolute Gasteiger partial charge is 0.468 e. The Morgan fingerprint density at radius 2 is 2.15 bits per heavy atom. The van der Waals surface area contributed by atoms with Crippen LogP contribution in [-0.4, -0.2) is 33.3 Å². The molecule has 0 aliphatic rings. The topological polar surface area (TPSA) is 69.0 Å². The Labute approximate surface area is 118 Å². The van der Waals surface area contributed by atoms with Gasteiger partial charge in [0.2, 0.25) is 5.88 Å². The van der Waals surface area contributed by atoms with E-state index in [0.717, 1.165) is 22.3 Å². The molecule has 6 heteroatoms. The second kappa shape index (κ2) is 5.48. The van der Waals surface area contributed by atoms with Crippen LogP contribution in [0.15, 0.2) is 6.07 Å². The van der Waals surface area contributed by atoms with Crippen LogP contribution >= 0.6 is 0 Å². The number of nitrogens with one attached hydrogen (secondary N) is 1. The van der Waals surface area contributed by atoms with E-state index in [1.165, 1.54) is 0 Å². The first-order chi connectivity index (χ1) is 9.38.